The second kappa shape index (κ2) is 1.11. The minimum absolute atomic E-state index is 0.995. The van der Waals surface area contributed by atoms with Crippen molar-refractivity contribution in [2.45, 2.75) is 6.42 Å². The van der Waals surface area contributed by atoms with Crippen LogP contribution >= 0.6 is 0 Å². The summed E-state index contributed by atoms with van der Waals surface area (Å²) in [5.74, 6) is 1.69. The van der Waals surface area contributed by atoms with E-state index in [1.54, 1.807) is 5.94 Å². The summed E-state index contributed by atoms with van der Waals surface area (Å²) in [5, 5.41) is 0. The van der Waals surface area contributed by atoms with E-state index in [1.165, 1.54) is 6.08 Å². The van der Waals surface area contributed by atoms with Crippen molar-refractivity contribution in [2.24, 2.45) is 0 Å². The van der Waals surface area contributed by atoms with Crippen LogP contribution in [0.25, 0.3) is 0 Å². The third-order valence-corrected chi connectivity index (χ3v) is 0.684. The van der Waals surface area contributed by atoms with Crippen LogP contribution in [0.1, 0.15) is 6.42 Å². The molecule has 0 aromatic carbocycles. The predicted octanol–water partition coefficient (Wildman–Crippen LogP) is 0.704. The molecule has 1 rings (SSSR count). The lowest BCUT2D eigenvalue weighted by molar-refractivity contribution is 0.569. The first-order valence-electron chi connectivity index (χ1n) is 1.83. The van der Waals surface area contributed by atoms with Crippen molar-refractivity contribution in [3.05, 3.63) is 17.7 Å². The molecule has 6 heavy (non-hydrogen) atoms. The van der Waals surface area contributed by atoms with E-state index in [0.29, 0.717) is 0 Å². The van der Waals surface area contributed by atoms with Crippen molar-refractivity contribution in [1.82, 2.24) is 0 Å². The Bertz CT molecular complexity index is 127. The molecule has 0 saturated heterocycles. The quantitative estimate of drug-likeness (QED) is 0.424. The van der Waals surface area contributed by atoms with Gasteiger partial charge in [-0.3, -0.25) is 0 Å². The Balaban J connectivity index is 2.54. The molecule has 1 aliphatic carbocycles. The fraction of sp³-hybridized carbons (Fsp3) is 0.200. The van der Waals surface area contributed by atoms with Gasteiger partial charge in [0.05, 0.1) is 0 Å². The van der Waals surface area contributed by atoms with Crippen LogP contribution in [0.3, 0.4) is 0 Å². The van der Waals surface area contributed by atoms with Crippen molar-refractivity contribution in [3.63, 3.8) is 0 Å². The molecule has 1 aliphatic rings. The standard InChI is InChI=1S/C5H4O/c6-4-3-5-1-2-5/h1,3H,2H2. The Morgan fingerprint density at radius 1 is 2.00 bits per heavy atom. The van der Waals surface area contributed by atoms with Gasteiger partial charge in [0.25, 0.3) is 0 Å². The van der Waals surface area contributed by atoms with Crippen LogP contribution in [0.2, 0.25) is 0 Å². The summed E-state index contributed by atoms with van der Waals surface area (Å²) in [5.41, 5.74) is 1.12. The van der Waals surface area contributed by atoms with Gasteiger partial charge in [-0.05, 0) is 12.0 Å². The fourth-order valence-corrected chi connectivity index (χ4v) is 0.252. The maximum atomic E-state index is 9.43. The molecule has 1 nitrogen and oxygen atoms in total. The molecule has 0 unspecified atom stereocenters. The van der Waals surface area contributed by atoms with E-state index in [1.807, 2.05) is 6.08 Å². The Morgan fingerprint density at radius 3 is 2.83 bits per heavy atom. The summed E-state index contributed by atoms with van der Waals surface area (Å²) in [6.45, 7) is 0. The molecule has 0 atom stereocenters. The molecule has 0 saturated carbocycles. The van der Waals surface area contributed by atoms with E-state index >= 15 is 0 Å². The van der Waals surface area contributed by atoms with Crippen LogP contribution < -0.4 is 0 Å². The first-order chi connectivity index (χ1) is 2.93. The minimum Gasteiger partial charge on any atom is -0.233 e. The molecule has 0 aromatic rings. The van der Waals surface area contributed by atoms with E-state index < -0.39 is 0 Å². The van der Waals surface area contributed by atoms with Crippen LogP contribution in [0.5, 0.6) is 0 Å². The molecule has 0 spiro atoms. The van der Waals surface area contributed by atoms with Gasteiger partial charge < -0.3 is 0 Å². The molecular formula is C5H4O. The van der Waals surface area contributed by atoms with Crippen molar-refractivity contribution < 1.29 is 4.79 Å². The third kappa shape index (κ3) is 0.568. The Labute approximate surface area is 36.0 Å². The average molecular weight is 80.1 g/mol. The van der Waals surface area contributed by atoms with Gasteiger partial charge in [0.2, 0.25) is 0 Å². The molecule has 0 heterocycles. The molecule has 0 fully saturated rings. The van der Waals surface area contributed by atoms with Crippen LogP contribution in [-0.4, -0.2) is 5.94 Å². The lowest BCUT2D eigenvalue weighted by Crippen LogP contribution is -1.46. The predicted molar refractivity (Wildman–Crippen MR) is 23.0 cm³/mol. The summed E-state index contributed by atoms with van der Waals surface area (Å²) < 4.78 is 0. The highest BCUT2D eigenvalue weighted by Gasteiger charge is 1.99. The molecular weight excluding hydrogens is 76.1 g/mol. The molecule has 0 aliphatic heterocycles. The molecule has 0 N–H and O–H groups in total. The largest absolute Gasteiger partial charge is 0.233 e. The van der Waals surface area contributed by atoms with E-state index in [0.717, 1.165) is 12.0 Å². The number of hydrogen-bond acceptors (Lipinski definition) is 1. The van der Waals surface area contributed by atoms with Crippen LogP contribution in [0.4, 0.5) is 0 Å². The summed E-state index contributed by atoms with van der Waals surface area (Å²) in [7, 11) is 0. The second-order valence-corrected chi connectivity index (χ2v) is 1.25. The van der Waals surface area contributed by atoms with Gasteiger partial charge in [-0.2, -0.15) is 0 Å². The Morgan fingerprint density at radius 2 is 2.67 bits per heavy atom. The Hall–Kier alpha value is -0.810. The van der Waals surface area contributed by atoms with E-state index in [2.05, 4.69) is 0 Å². The number of allylic oxidation sites excluding steroid dienone is 3. The van der Waals surface area contributed by atoms with E-state index in [9.17, 15) is 4.79 Å². The summed E-state index contributed by atoms with van der Waals surface area (Å²) in [4.78, 5) is 9.43. The van der Waals surface area contributed by atoms with E-state index in [4.69, 9.17) is 0 Å². The molecule has 0 bridgehead atoms. The Kier molecular flexibility index (Phi) is 0.627. The average Bonchev–Trinajstić information content (AvgIpc) is 2.21. The van der Waals surface area contributed by atoms with Crippen molar-refractivity contribution in [1.29, 1.82) is 0 Å². The van der Waals surface area contributed by atoms with Crippen molar-refractivity contribution in [3.8, 4) is 0 Å². The van der Waals surface area contributed by atoms with Gasteiger partial charge in [-0.15, -0.1) is 0 Å². The highest BCUT2D eigenvalue weighted by molar-refractivity contribution is 5.56. The first kappa shape index (κ1) is 3.38. The highest BCUT2D eigenvalue weighted by atomic mass is 16.1. The van der Waals surface area contributed by atoms with Gasteiger partial charge in [0, 0.05) is 6.08 Å². The first-order valence-corrected chi connectivity index (χ1v) is 1.83. The maximum absolute atomic E-state index is 9.43. The summed E-state index contributed by atoms with van der Waals surface area (Å²) >= 11 is 0. The normalized spacial score (nSPS) is 15.0. The molecule has 0 radical (unpaired) electrons. The number of rotatable bonds is 1. The maximum Gasteiger partial charge on any atom is 0.124 e. The highest BCUT2D eigenvalue weighted by Crippen LogP contribution is 2.17. The van der Waals surface area contributed by atoms with Crippen molar-refractivity contribution >= 4 is 5.94 Å². The fourth-order valence-electron chi connectivity index (χ4n) is 0.252. The summed E-state index contributed by atoms with van der Waals surface area (Å²) in [6.07, 6.45) is 4.43. The minimum atomic E-state index is 0.995. The van der Waals surface area contributed by atoms with Gasteiger partial charge in [-0.1, -0.05) is 6.08 Å². The zero-order valence-electron chi connectivity index (χ0n) is 3.27. The van der Waals surface area contributed by atoms with Gasteiger partial charge in [0.1, 0.15) is 5.94 Å². The zero-order chi connectivity index (χ0) is 4.41. The van der Waals surface area contributed by atoms with Crippen LogP contribution in [-0.2, 0) is 4.79 Å². The lowest BCUT2D eigenvalue weighted by Gasteiger charge is -1.54. The summed E-state index contributed by atoms with van der Waals surface area (Å²) in [6, 6.07) is 0. The third-order valence-electron chi connectivity index (χ3n) is 0.684. The topological polar surface area (TPSA) is 17.1 Å². The van der Waals surface area contributed by atoms with Crippen molar-refractivity contribution in [2.75, 3.05) is 0 Å². The molecule has 30 valence electrons. The lowest BCUT2D eigenvalue weighted by atomic mass is 10.5. The van der Waals surface area contributed by atoms with Crippen LogP contribution in [0, 0.1) is 0 Å². The smallest absolute Gasteiger partial charge is 0.124 e. The number of carbonyl (C=O) groups excluding carboxylic acids is 1. The molecule has 1 heteroatoms. The second-order valence-electron chi connectivity index (χ2n) is 1.25. The monoisotopic (exact) mass is 80.0 g/mol. The zero-order valence-corrected chi connectivity index (χ0v) is 3.27. The van der Waals surface area contributed by atoms with E-state index in [-0.39, 0.29) is 0 Å². The SMILES string of the molecule is O=C=CC1=CC1. The van der Waals surface area contributed by atoms with Gasteiger partial charge >= 0.3 is 0 Å². The number of hydrogen-bond donors (Lipinski definition) is 0. The molecule has 0 amide bonds. The van der Waals surface area contributed by atoms with Crippen LogP contribution in [0.15, 0.2) is 17.7 Å². The van der Waals surface area contributed by atoms with Gasteiger partial charge in [0.15, 0.2) is 0 Å². The molecule has 0 aromatic heterocycles. The van der Waals surface area contributed by atoms with Gasteiger partial charge in [-0.25, -0.2) is 4.79 Å².